The van der Waals surface area contributed by atoms with Crippen LogP contribution in [0, 0.1) is 0 Å². The first-order valence-corrected chi connectivity index (χ1v) is 12.4. The molecule has 0 unspecified atom stereocenters. The summed E-state index contributed by atoms with van der Waals surface area (Å²) in [6.07, 6.45) is 0.687. The summed E-state index contributed by atoms with van der Waals surface area (Å²) < 4.78 is 45.4. The Morgan fingerprint density at radius 2 is 1.70 bits per heavy atom. The minimum absolute atomic E-state index is 0.0387. The summed E-state index contributed by atoms with van der Waals surface area (Å²) >= 11 is 1.02. The molecule has 0 aliphatic heterocycles. The van der Waals surface area contributed by atoms with E-state index >= 15 is 0 Å². The van der Waals surface area contributed by atoms with Crippen LogP contribution in [0.4, 0.5) is 0 Å². The van der Waals surface area contributed by atoms with E-state index in [2.05, 4.69) is 11.6 Å². The minimum atomic E-state index is -3.34. The van der Waals surface area contributed by atoms with Gasteiger partial charge in [-0.3, -0.25) is 4.79 Å². The first-order chi connectivity index (χ1) is 15.7. The standard InChI is InChI=1S/C22H26N2O7S2/c1-5-32-22(23)24-21(25)15-10-17(12-18(11-15)31-19(13-28-2)14-29-3)30-16-6-8-20(9-7-16)33(4,26)27/h5-12,19H,1,13-14H2,2-4H3,(H2,23,24,25). The van der Waals surface area contributed by atoms with Gasteiger partial charge in [0, 0.05) is 32.1 Å². The third-order valence-electron chi connectivity index (χ3n) is 4.04. The van der Waals surface area contributed by atoms with Gasteiger partial charge < -0.3 is 24.7 Å². The summed E-state index contributed by atoms with van der Waals surface area (Å²) in [4.78, 5) is 16.6. The summed E-state index contributed by atoms with van der Waals surface area (Å²) in [6.45, 7) is 4.05. The van der Waals surface area contributed by atoms with Crippen molar-refractivity contribution in [1.82, 2.24) is 0 Å². The van der Waals surface area contributed by atoms with Crippen LogP contribution in [0.15, 0.2) is 64.3 Å². The molecule has 0 aromatic heterocycles. The molecule has 0 heterocycles. The first-order valence-electron chi connectivity index (χ1n) is 9.60. The maximum Gasteiger partial charge on any atom is 0.279 e. The number of methoxy groups -OCH3 is 2. The number of amidine groups is 1. The average Bonchev–Trinajstić information content (AvgIpc) is 2.74. The van der Waals surface area contributed by atoms with Crippen LogP contribution in [-0.4, -0.2) is 59.3 Å². The Bertz CT molecular complexity index is 1090. The normalized spacial score (nSPS) is 11.9. The number of nitrogens with two attached hydrogens (primary N) is 1. The SMILES string of the molecule is C=CSC(N)=NC(=O)c1cc(Oc2ccc(S(C)(=O)=O)cc2)cc(OC(COC)COC)c1. The van der Waals surface area contributed by atoms with Crippen molar-refractivity contribution in [2.75, 3.05) is 33.7 Å². The average molecular weight is 495 g/mol. The Hall–Kier alpha value is -2.86. The predicted octanol–water partition coefficient (Wildman–Crippen LogP) is 3.25. The van der Waals surface area contributed by atoms with Crippen LogP contribution in [0.25, 0.3) is 0 Å². The second-order valence-corrected chi connectivity index (χ2v) is 9.73. The van der Waals surface area contributed by atoms with Crippen molar-refractivity contribution in [3.05, 3.63) is 60.0 Å². The lowest BCUT2D eigenvalue weighted by Gasteiger charge is -2.18. The van der Waals surface area contributed by atoms with E-state index in [1.165, 1.54) is 56.0 Å². The molecule has 33 heavy (non-hydrogen) atoms. The highest BCUT2D eigenvalue weighted by Crippen LogP contribution is 2.29. The number of ether oxygens (including phenoxy) is 4. The molecule has 9 nitrogen and oxygen atoms in total. The molecule has 2 N–H and O–H groups in total. The predicted molar refractivity (Wildman–Crippen MR) is 128 cm³/mol. The number of nitrogens with zero attached hydrogens (tertiary/aromatic N) is 1. The fraction of sp³-hybridized carbons (Fsp3) is 0.273. The summed E-state index contributed by atoms with van der Waals surface area (Å²) in [7, 11) is -0.263. The van der Waals surface area contributed by atoms with Gasteiger partial charge in [-0.15, -0.1) is 0 Å². The van der Waals surface area contributed by atoms with Gasteiger partial charge in [-0.1, -0.05) is 18.3 Å². The van der Waals surface area contributed by atoms with Crippen LogP contribution in [0.1, 0.15) is 10.4 Å². The number of hydrogen-bond donors (Lipinski definition) is 1. The van der Waals surface area contributed by atoms with Crippen molar-refractivity contribution in [2.24, 2.45) is 10.7 Å². The Morgan fingerprint density at radius 3 is 2.24 bits per heavy atom. The fourth-order valence-corrected chi connectivity index (χ4v) is 3.61. The van der Waals surface area contributed by atoms with Gasteiger partial charge in [0.1, 0.15) is 23.4 Å². The van der Waals surface area contributed by atoms with E-state index in [0.29, 0.717) is 11.5 Å². The molecule has 2 aromatic rings. The molecule has 0 spiro atoms. The molecule has 178 valence electrons. The highest BCUT2D eigenvalue weighted by molar-refractivity contribution is 8.16. The summed E-state index contributed by atoms with van der Waals surface area (Å²) in [5.41, 5.74) is 5.88. The van der Waals surface area contributed by atoms with Gasteiger partial charge in [-0.05, 0) is 41.8 Å². The van der Waals surface area contributed by atoms with Crippen LogP contribution >= 0.6 is 11.8 Å². The van der Waals surface area contributed by atoms with E-state index in [0.717, 1.165) is 18.0 Å². The van der Waals surface area contributed by atoms with E-state index in [9.17, 15) is 13.2 Å². The maximum atomic E-state index is 12.6. The zero-order valence-electron chi connectivity index (χ0n) is 18.5. The van der Waals surface area contributed by atoms with Gasteiger partial charge in [0.05, 0.1) is 18.1 Å². The second-order valence-electron chi connectivity index (χ2n) is 6.73. The lowest BCUT2D eigenvalue weighted by molar-refractivity contribution is 0.0244. The molecule has 11 heteroatoms. The van der Waals surface area contributed by atoms with E-state index in [4.69, 9.17) is 24.7 Å². The number of aliphatic imine (C=N–C) groups is 1. The van der Waals surface area contributed by atoms with E-state index in [1.54, 1.807) is 6.07 Å². The molecule has 0 aliphatic carbocycles. The van der Waals surface area contributed by atoms with Crippen LogP contribution in [-0.2, 0) is 19.3 Å². The quantitative estimate of drug-likeness (QED) is 0.370. The molecule has 0 aliphatic rings. The molecule has 2 rings (SSSR count). The molecule has 0 fully saturated rings. The van der Waals surface area contributed by atoms with Gasteiger partial charge in [-0.25, -0.2) is 8.42 Å². The number of amides is 1. The zero-order valence-corrected chi connectivity index (χ0v) is 20.1. The highest BCUT2D eigenvalue weighted by Gasteiger charge is 2.16. The van der Waals surface area contributed by atoms with Crippen molar-refractivity contribution in [3.63, 3.8) is 0 Å². The second kappa shape index (κ2) is 12.4. The van der Waals surface area contributed by atoms with Crippen molar-refractivity contribution in [3.8, 4) is 17.2 Å². The van der Waals surface area contributed by atoms with Gasteiger partial charge in [-0.2, -0.15) is 4.99 Å². The summed E-state index contributed by atoms with van der Waals surface area (Å²) in [5, 5.41) is 1.50. The number of benzene rings is 2. The van der Waals surface area contributed by atoms with E-state index in [-0.39, 0.29) is 34.6 Å². The highest BCUT2D eigenvalue weighted by atomic mass is 32.2. The van der Waals surface area contributed by atoms with Gasteiger partial charge in [0.2, 0.25) is 0 Å². The maximum absolute atomic E-state index is 12.6. The Balaban J connectivity index is 2.40. The largest absolute Gasteiger partial charge is 0.485 e. The van der Waals surface area contributed by atoms with Gasteiger partial charge in [0.15, 0.2) is 15.0 Å². The van der Waals surface area contributed by atoms with E-state index < -0.39 is 21.8 Å². The monoisotopic (exact) mass is 494 g/mol. The lowest BCUT2D eigenvalue weighted by atomic mass is 10.2. The fourth-order valence-electron chi connectivity index (χ4n) is 2.67. The van der Waals surface area contributed by atoms with Gasteiger partial charge >= 0.3 is 0 Å². The number of carbonyl (C=O) groups is 1. The number of rotatable bonds is 11. The van der Waals surface area contributed by atoms with Crippen LogP contribution in [0.5, 0.6) is 17.2 Å². The minimum Gasteiger partial charge on any atom is -0.485 e. The zero-order chi connectivity index (χ0) is 24.4. The molecule has 2 aromatic carbocycles. The number of hydrogen-bond acceptors (Lipinski definition) is 8. The third kappa shape index (κ3) is 8.54. The van der Waals surface area contributed by atoms with Gasteiger partial charge in [0.25, 0.3) is 5.91 Å². The molecule has 0 saturated carbocycles. The Kier molecular flexibility index (Phi) is 9.92. The van der Waals surface area contributed by atoms with Crippen LogP contribution in [0.2, 0.25) is 0 Å². The first kappa shape index (κ1) is 26.4. The topological polar surface area (TPSA) is 127 Å². The number of sulfone groups is 1. The lowest BCUT2D eigenvalue weighted by Crippen LogP contribution is -2.27. The van der Waals surface area contributed by atoms with E-state index in [1.807, 2.05) is 0 Å². The molecule has 0 saturated heterocycles. The molecule has 0 bridgehead atoms. The Labute approximate surface area is 197 Å². The summed E-state index contributed by atoms with van der Waals surface area (Å²) in [6, 6.07) is 10.5. The van der Waals surface area contributed by atoms with Crippen molar-refractivity contribution < 1.29 is 32.2 Å². The summed E-state index contributed by atoms with van der Waals surface area (Å²) in [5.74, 6) is 0.377. The molecule has 0 atom stereocenters. The molecule has 0 radical (unpaired) electrons. The molecular formula is C22H26N2O7S2. The molecule has 1 amide bonds. The smallest absolute Gasteiger partial charge is 0.279 e. The van der Waals surface area contributed by atoms with Crippen LogP contribution < -0.4 is 15.2 Å². The van der Waals surface area contributed by atoms with Crippen LogP contribution in [0.3, 0.4) is 0 Å². The van der Waals surface area contributed by atoms with Crippen molar-refractivity contribution >= 4 is 32.7 Å². The van der Waals surface area contributed by atoms with Crippen molar-refractivity contribution in [2.45, 2.75) is 11.0 Å². The number of thioether (sulfide) groups is 1. The van der Waals surface area contributed by atoms with Crippen molar-refractivity contribution in [1.29, 1.82) is 0 Å². The Morgan fingerprint density at radius 1 is 1.09 bits per heavy atom. The third-order valence-corrected chi connectivity index (χ3v) is 5.67. The number of carbonyl (C=O) groups excluding carboxylic acids is 1. The molecular weight excluding hydrogens is 468 g/mol.